The van der Waals surface area contributed by atoms with Crippen molar-refractivity contribution in [2.24, 2.45) is 0 Å². The molecule has 0 spiro atoms. The Morgan fingerprint density at radius 2 is 1.50 bits per heavy atom. The van der Waals surface area contributed by atoms with E-state index >= 15 is 0 Å². The van der Waals surface area contributed by atoms with Gasteiger partial charge in [0.25, 0.3) is 0 Å². The third-order valence-corrected chi connectivity index (χ3v) is 0. The average molecular weight is 218 g/mol. The van der Waals surface area contributed by atoms with Crippen molar-refractivity contribution < 1.29 is 75.7 Å². The van der Waals surface area contributed by atoms with Crippen LogP contribution in [0.4, 0.5) is 0 Å². The summed E-state index contributed by atoms with van der Waals surface area (Å²) in [6, 6.07) is 0. The summed E-state index contributed by atoms with van der Waals surface area (Å²) < 4.78 is 8.06. The van der Waals surface area contributed by atoms with E-state index in [0.29, 0.717) is 0 Å². The van der Waals surface area contributed by atoms with E-state index in [4.69, 9.17) is 3.83 Å². The first kappa shape index (κ1) is 16.5. The van der Waals surface area contributed by atoms with Crippen LogP contribution < -0.4 is 18.9 Å². The van der Waals surface area contributed by atoms with Crippen LogP contribution in [0, 0.1) is 35.6 Å². The van der Waals surface area contributed by atoms with Gasteiger partial charge in [-0.3, -0.25) is 0 Å². The normalized spacial score (nSPS) is 1.00. The third-order valence-electron chi connectivity index (χ3n) is 0. The van der Waals surface area contributed by atoms with Crippen molar-refractivity contribution >= 4 is 0 Å². The van der Waals surface area contributed by atoms with Crippen molar-refractivity contribution in [2.45, 2.75) is 0 Å². The van der Waals surface area contributed by atoms with E-state index in [1.54, 1.807) is 15.9 Å². The fourth-order valence-corrected chi connectivity index (χ4v) is 0. The molecular weight excluding hydrogens is 217 g/mol. The number of rotatable bonds is 0. The van der Waals surface area contributed by atoms with E-state index in [9.17, 15) is 0 Å². The van der Waals surface area contributed by atoms with Crippen molar-refractivity contribution in [1.29, 1.82) is 0 Å². The van der Waals surface area contributed by atoms with Gasteiger partial charge in [0.05, 0.1) is 0 Å². The summed E-state index contributed by atoms with van der Waals surface area (Å²) in [5, 5.41) is 0. The van der Waals surface area contributed by atoms with Gasteiger partial charge in [0.2, 0.25) is 0 Å². The molecule has 4 heavy (non-hydrogen) atoms. The molecule has 0 bridgehead atoms. The van der Waals surface area contributed by atoms with E-state index in [-0.39, 0.29) is 55.9 Å². The van der Waals surface area contributed by atoms with Crippen molar-refractivity contribution in [3.8, 4) is 0 Å². The molecule has 0 N–H and O–H groups in total. The Morgan fingerprint density at radius 1 is 1.50 bits per heavy atom. The molecule has 1 radical (unpaired) electrons. The summed E-state index contributed by atoms with van der Waals surface area (Å²) in [6.45, 7) is 0. The molecule has 0 aliphatic heterocycles. The van der Waals surface area contributed by atoms with Crippen molar-refractivity contribution in [2.75, 3.05) is 0 Å². The molecule has 0 aliphatic carbocycles. The summed E-state index contributed by atoms with van der Waals surface area (Å²) in [6.07, 6.45) is 0. The second-order valence-electron chi connectivity index (χ2n) is 0. The molecule has 0 aromatic carbocycles. The van der Waals surface area contributed by atoms with E-state index in [2.05, 4.69) is 0 Å². The molecule has 0 amide bonds. The van der Waals surface area contributed by atoms with Crippen LogP contribution in [-0.4, -0.2) is 0 Å². The molecule has 0 rings (SSSR count). The minimum atomic E-state index is 0. The summed E-state index contributed by atoms with van der Waals surface area (Å²) in [5.41, 5.74) is 0. The molecule has 1 nitrogen and oxygen atoms in total. The first-order valence-electron chi connectivity index (χ1n) is 0.154. The van der Waals surface area contributed by atoms with Crippen LogP contribution in [0.3, 0.4) is 0 Å². The van der Waals surface area contributed by atoms with Gasteiger partial charge in [-0.1, -0.05) is 0 Å². The fourth-order valence-electron chi connectivity index (χ4n) is 0. The van der Waals surface area contributed by atoms with E-state index in [1.165, 1.54) is 0 Å². The molecule has 0 atom stereocenters. The monoisotopic (exact) mass is 218 g/mol. The van der Waals surface area contributed by atoms with E-state index in [0.717, 1.165) is 0 Å². The van der Waals surface area contributed by atoms with Crippen LogP contribution >= 0.6 is 0 Å². The zero-order valence-electron chi connectivity index (χ0n) is 3.36. The van der Waals surface area contributed by atoms with Gasteiger partial charge in [0, 0.05) is 35.6 Å². The van der Waals surface area contributed by atoms with Gasteiger partial charge in [-0.25, -0.2) is 0 Å². The van der Waals surface area contributed by atoms with Gasteiger partial charge in [0.1, 0.15) is 0 Å². The van der Waals surface area contributed by atoms with Gasteiger partial charge < -0.3 is 1.43 Å². The van der Waals surface area contributed by atoms with Crippen molar-refractivity contribution in [3.63, 3.8) is 0 Å². The first-order chi connectivity index (χ1) is 1.00. The topological polar surface area (TPSA) is 17.1 Å². The third kappa shape index (κ3) is 8.93. The Bertz CT molecular complexity index is 11.6. The molecule has 4 heteroatoms. The molecule has 0 aliphatic rings. The zero-order valence-corrected chi connectivity index (χ0v) is 7.17. The second-order valence-corrected chi connectivity index (χ2v) is 0. The molecular formula is HLaLiMnO. The Labute approximate surface area is 74.6 Å². The molecule has 0 aromatic rings. The zero-order chi connectivity index (χ0) is 2.00. The van der Waals surface area contributed by atoms with Gasteiger partial charge in [-0.15, -0.1) is 0 Å². The molecule has 18 valence electrons. The molecule has 0 heterocycles. The van der Waals surface area contributed by atoms with Crippen LogP contribution in [0.1, 0.15) is 1.43 Å². The molecule has 0 aromatic heterocycles. The van der Waals surface area contributed by atoms with Gasteiger partial charge >= 0.3 is 38.6 Å². The van der Waals surface area contributed by atoms with Crippen molar-refractivity contribution in [3.05, 3.63) is 0 Å². The average Bonchev–Trinajstić information content (AvgIpc) is 1.00. The molecule has 0 saturated carbocycles. The van der Waals surface area contributed by atoms with Gasteiger partial charge in [-0.05, 0) is 0 Å². The summed E-state index contributed by atoms with van der Waals surface area (Å²) in [7, 11) is 0. The Balaban J connectivity index is -0.00000000167. The predicted octanol–water partition coefficient (Wildman–Crippen LogP) is -3.00. The fraction of sp³-hybridized carbons (Fsp3) is 0. The van der Waals surface area contributed by atoms with Gasteiger partial charge in [-0.2, -0.15) is 0 Å². The summed E-state index contributed by atoms with van der Waals surface area (Å²) >= 11 is 1.69. The van der Waals surface area contributed by atoms with Crippen LogP contribution in [0.2, 0.25) is 0 Å². The van der Waals surface area contributed by atoms with Crippen molar-refractivity contribution in [1.82, 2.24) is 0 Å². The van der Waals surface area contributed by atoms with E-state index < -0.39 is 0 Å². The SMILES string of the molecule is [H-].[La].[Li+].[O]=[Mn]. The number of hydrogen-bond donors (Lipinski definition) is 0. The van der Waals surface area contributed by atoms with Crippen LogP contribution in [0.25, 0.3) is 0 Å². The quantitative estimate of drug-likeness (QED) is 0.396. The van der Waals surface area contributed by atoms with Gasteiger partial charge in [0.15, 0.2) is 0 Å². The Kier molecular flexibility index (Phi) is 79.9. The van der Waals surface area contributed by atoms with E-state index in [1.807, 2.05) is 0 Å². The number of hydrogen-bond acceptors (Lipinski definition) is 1. The molecule has 0 fully saturated rings. The molecule has 0 unspecified atom stereocenters. The van der Waals surface area contributed by atoms with Crippen LogP contribution in [0.15, 0.2) is 0 Å². The Morgan fingerprint density at radius 3 is 1.50 bits per heavy atom. The maximum atomic E-state index is 8.06. The first-order valence-corrected chi connectivity index (χ1v) is 0.636. The second kappa shape index (κ2) is 19.4. The summed E-state index contributed by atoms with van der Waals surface area (Å²) in [4.78, 5) is 0. The van der Waals surface area contributed by atoms with Crippen LogP contribution in [-0.2, 0) is 19.8 Å². The standard InChI is InChI=1S/La.Li.Mn.O.H/q;+1;;;-1. The predicted molar refractivity (Wildman–Crippen MR) is 1.80 cm³/mol. The molecule has 0 saturated heterocycles. The Hall–Kier alpha value is 2.11. The van der Waals surface area contributed by atoms with Crippen LogP contribution in [0.5, 0.6) is 0 Å². The maximum absolute atomic E-state index is 8.06. The minimum absolute atomic E-state index is 0. The summed E-state index contributed by atoms with van der Waals surface area (Å²) in [5.74, 6) is 0.